The summed E-state index contributed by atoms with van der Waals surface area (Å²) in [7, 11) is 1.37. The van der Waals surface area contributed by atoms with Crippen LogP contribution in [0.3, 0.4) is 0 Å². The van der Waals surface area contributed by atoms with Gasteiger partial charge in [-0.15, -0.1) is 11.3 Å². The molecule has 90 valence electrons. The molecule has 2 N–H and O–H groups in total. The van der Waals surface area contributed by atoms with Crippen LogP contribution in [0.2, 0.25) is 0 Å². The van der Waals surface area contributed by atoms with Crippen LogP contribution in [0.5, 0.6) is 0 Å². The van der Waals surface area contributed by atoms with Crippen LogP contribution in [0.15, 0.2) is 10.8 Å². The molecule has 2 rings (SSSR count). The van der Waals surface area contributed by atoms with Gasteiger partial charge in [0.15, 0.2) is 0 Å². The van der Waals surface area contributed by atoms with Crippen molar-refractivity contribution in [3.05, 3.63) is 26.8 Å². The number of anilines is 1. The SMILES string of the molecule is COC(=O)c1sc(-c2cscc2C)c(C)c1N. The van der Waals surface area contributed by atoms with Crippen LogP contribution in [0.1, 0.15) is 20.8 Å². The molecule has 0 aliphatic rings. The maximum Gasteiger partial charge on any atom is 0.350 e. The van der Waals surface area contributed by atoms with Crippen molar-refractivity contribution in [3.8, 4) is 10.4 Å². The molecule has 0 atom stereocenters. The van der Waals surface area contributed by atoms with Crippen molar-refractivity contribution in [1.82, 2.24) is 0 Å². The third-order valence-electron chi connectivity index (χ3n) is 2.66. The second-order valence-electron chi connectivity index (χ2n) is 3.76. The van der Waals surface area contributed by atoms with Crippen LogP contribution in [0.25, 0.3) is 10.4 Å². The Balaban J connectivity index is 2.58. The number of ether oxygens (including phenoxy) is 1. The van der Waals surface area contributed by atoms with E-state index in [1.165, 1.54) is 24.0 Å². The molecule has 2 heterocycles. The van der Waals surface area contributed by atoms with E-state index in [1.807, 2.05) is 6.92 Å². The fourth-order valence-corrected chi connectivity index (χ4v) is 3.76. The van der Waals surface area contributed by atoms with E-state index >= 15 is 0 Å². The molecule has 3 nitrogen and oxygen atoms in total. The molecule has 0 amide bonds. The average Bonchev–Trinajstić information content (AvgIpc) is 2.85. The zero-order valence-electron chi connectivity index (χ0n) is 9.87. The lowest BCUT2D eigenvalue weighted by molar-refractivity contribution is 0.0607. The van der Waals surface area contributed by atoms with Crippen LogP contribution < -0.4 is 5.73 Å². The van der Waals surface area contributed by atoms with E-state index in [0.717, 1.165) is 16.0 Å². The standard InChI is InChI=1S/C12H13NO2S2/c1-6-4-16-5-8(6)10-7(2)9(13)11(17-10)12(14)15-3/h4-5H,13H2,1-3H3. The summed E-state index contributed by atoms with van der Waals surface area (Å²) in [6, 6.07) is 0. The van der Waals surface area contributed by atoms with E-state index < -0.39 is 0 Å². The van der Waals surface area contributed by atoms with Crippen molar-refractivity contribution in [2.75, 3.05) is 12.8 Å². The molecule has 5 heteroatoms. The highest BCUT2D eigenvalue weighted by atomic mass is 32.1. The third-order valence-corrected chi connectivity index (χ3v) is 4.85. The van der Waals surface area contributed by atoms with Gasteiger partial charge in [0.05, 0.1) is 12.8 Å². The first kappa shape index (κ1) is 12.1. The lowest BCUT2D eigenvalue weighted by atomic mass is 10.1. The number of thiophene rings is 2. The van der Waals surface area contributed by atoms with Gasteiger partial charge in [-0.1, -0.05) is 0 Å². The van der Waals surface area contributed by atoms with Gasteiger partial charge in [0, 0.05) is 10.4 Å². The highest BCUT2D eigenvalue weighted by molar-refractivity contribution is 7.18. The number of aryl methyl sites for hydroxylation is 1. The summed E-state index contributed by atoms with van der Waals surface area (Å²) in [6.07, 6.45) is 0. The average molecular weight is 267 g/mol. The predicted octanol–water partition coefficient (Wildman–Crippen LogP) is 3.46. The smallest absolute Gasteiger partial charge is 0.350 e. The first-order chi connectivity index (χ1) is 8.06. The van der Waals surface area contributed by atoms with Crippen LogP contribution in [-0.2, 0) is 4.74 Å². The molecule has 17 heavy (non-hydrogen) atoms. The Labute approximate surface area is 108 Å². The van der Waals surface area contributed by atoms with Gasteiger partial charge < -0.3 is 10.5 Å². The van der Waals surface area contributed by atoms with Gasteiger partial charge in [0.2, 0.25) is 0 Å². The van der Waals surface area contributed by atoms with Crippen molar-refractivity contribution in [2.24, 2.45) is 0 Å². The Bertz CT molecular complexity index is 569. The highest BCUT2D eigenvalue weighted by Crippen LogP contribution is 2.40. The summed E-state index contributed by atoms with van der Waals surface area (Å²) < 4.78 is 4.73. The Kier molecular flexibility index (Phi) is 3.22. The fraction of sp³-hybridized carbons (Fsp3) is 0.250. The molecule has 0 aliphatic heterocycles. The lowest BCUT2D eigenvalue weighted by Gasteiger charge is -1.98. The normalized spacial score (nSPS) is 10.5. The van der Waals surface area contributed by atoms with E-state index in [4.69, 9.17) is 10.5 Å². The second kappa shape index (κ2) is 4.50. The van der Waals surface area contributed by atoms with Gasteiger partial charge in [0.1, 0.15) is 4.88 Å². The van der Waals surface area contributed by atoms with E-state index in [-0.39, 0.29) is 5.97 Å². The van der Waals surface area contributed by atoms with Crippen LogP contribution in [-0.4, -0.2) is 13.1 Å². The molecule has 0 radical (unpaired) electrons. The molecule has 0 bridgehead atoms. The minimum atomic E-state index is -0.366. The van der Waals surface area contributed by atoms with Gasteiger partial charge in [-0.25, -0.2) is 4.79 Å². The van der Waals surface area contributed by atoms with Crippen molar-refractivity contribution >= 4 is 34.3 Å². The van der Waals surface area contributed by atoms with Crippen LogP contribution in [0, 0.1) is 13.8 Å². The highest BCUT2D eigenvalue weighted by Gasteiger charge is 2.20. The number of carbonyl (C=O) groups excluding carboxylic acids is 1. The number of hydrogen-bond donors (Lipinski definition) is 1. The number of nitrogens with two attached hydrogens (primary N) is 1. The molecule has 2 aromatic rings. The summed E-state index contributed by atoms with van der Waals surface area (Å²) >= 11 is 3.05. The molecule has 0 saturated heterocycles. The van der Waals surface area contributed by atoms with Gasteiger partial charge in [0.25, 0.3) is 0 Å². The Morgan fingerprint density at radius 3 is 2.59 bits per heavy atom. The number of methoxy groups -OCH3 is 1. The van der Waals surface area contributed by atoms with E-state index in [1.54, 1.807) is 11.3 Å². The summed E-state index contributed by atoms with van der Waals surface area (Å²) in [6.45, 7) is 3.99. The molecular weight excluding hydrogens is 254 g/mol. The Hall–Kier alpha value is -1.33. The maximum absolute atomic E-state index is 11.6. The summed E-state index contributed by atoms with van der Waals surface area (Å²) in [4.78, 5) is 13.1. The molecule has 0 aliphatic carbocycles. The molecule has 2 aromatic heterocycles. The molecule has 0 saturated carbocycles. The van der Waals surface area contributed by atoms with Crippen molar-refractivity contribution in [2.45, 2.75) is 13.8 Å². The zero-order chi connectivity index (χ0) is 12.6. The topological polar surface area (TPSA) is 52.3 Å². The molecule has 0 fully saturated rings. The predicted molar refractivity (Wildman–Crippen MR) is 72.9 cm³/mol. The Morgan fingerprint density at radius 2 is 2.06 bits per heavy atom. The Morgan fingerprint density at radius 1 is 1.35 bits per heavy atom. The minimum absolute atomic E-state index is 0.366. The second-order valence-corrected chi connectivity index (χ2v) is 5.52. The van der Waals surface area contributed by atoms with Crippen molar-refractivity contribution in [3.63, 3.8) is 0 Å². The number of nitrogen functional groups attached to an aromatic ring is 1. The first-order valence-electron chi connectivity index (χ1n) is 5.06. The lowest BCUT2D eigenvalue weighted by Crippen LogP contribution is -2.01. The van der Waals surface area contributed by atoms with Crippen molar-refractivity contribution < 1.29 is 9.53 Å². The summed E-state index contributed by atoms with van der Waals surface area (Å²) in [5, 5.41) is 4.16. The monoisotopic (exact) mass is 267 g/mol. The molecule has 0 aromatic carbocycles. The minimum Gasteiger partial charge on any atom is -0.465 e. The summed E-state index contributed by atoms with van der Waals surface area (Å²) in [5.74, 6) is -0.366. The molecular formula is C12H13NO2S2. The van der Waals surface area contributed by atoms with Gasteiger partial charge in [-0.2, -0.15) is 11.3 Å². The largest absolute Gasteiger partial charge is 0.465 e. The van der Waals surface area contributed by atoms with E-state index in [2.05, 4.69) is 17.7 Å². The van der Waals surface area contributed by atoms with Crippen LogP contribution >= 0.6 is 22.7 Å². The number of rotatable bonds is 2. The van der Waals surface area contributed by atoms with Crippen LogP contribution in [0.4, 0.5) is 5.69 Å². The molecule has 0 unspecified atom stereocenters. The fourth-order valence-electron chi connectivity index (χ4n) is 1.62. The van der Waals surface area contributed by atoms with Gasteiger partial charge in [-0.05, 0) is 35.7 Å². The third kappa shape index (κ3) is 1.96. The van der Waals surface area contributed by atoms with Crippen molar-refractivity contribution in [1.29, 1.82) is 0 Å². The zero-order valence-corrected chi connectivity index (χ0v) is 11.5. The maximum atomic E-state index is 11.6. The van der Waals surface area contributed by atoms with Gasteiger partial charge >= 0.3 is 5.97 Å². The van der Waals surface area contributed by atoms with E-state index in [9.17, 15) is 4.79 Å². The molecule has 0 spiro atoms. The summed E-state index contributed by atoms with van der Waals surface area (Å²) in [5.41, 5.74) is 9.79. The number of carbonyl (C=O) groups is 1. The number of esters is 1. The van der Waals surface area contributed by atoms with Gasteiger partial charge in [-0.3, -0.25) is 0 Å². The quantitative estimate of drug-likeness (QED) is 0.848. The first-order valence-corrected chi connectivity index (χ1v) is 6.82. The van der Waals surface area contributed by atoms with E-state index in [0.29, 0.717) is 10.6 Å². The number of hydrogen-bond acceptors (Lipinski definition) is 5.